The fourth-order valence-corrected chi connectivity index (χ4v) is 6.08. The molecule has 1 aliphatic carbocycles. The average molecular weight is 439 g/mol. The number of aromatic nitrogens is 2. The van der Waals surface area contributed by atoms with Gasteiger partial charge < -0.3 is 9.64 Å². The molecule has 1 aromatic heterocycles. The Bertz CT molecular complexity index is 630. The summed E-state index contributed by atoms with van der Waals surface area (Å²) < 4.78 is 8.75. The van der Waals surface area contributed by atoms with E-state index in [0.717, 1.165) is 43.4 Å². The number of halogens is 1. The van der Waals surface area contributed by atoms with E-state index in [2.05, 4.69) is 33.0 Å². The van der Waals surface area contributed by atoms with Gasteiger partial charge in [0.15, 0.2) is 0 Å². The van der Waals surface area contributed by atoms with Crippen molar-refractivity contribution in [3.05, 3.63) is 17.4 Å². The summed E-state index contributed by atoms with van der Waals surface area (Å²) in [6.45, 7) is 9.99. The van der Waals surface area contributed by atoms with Crippen molar-refractivity contribution in [1.29, 1.82) is 0 Å². The molecule has 0 radical (unpaired) electrons. The van der Waals surface area contributed by atoms with Crippen LogP contribution in [0.25, 0.3) is 0 Å². The van der Waals surface area contributed by atoms with E-state index in [1.165, 1.54) is 51.6 Å². The summed E-state index contributed by atoms with van der Waals surface area (Å²) in [5.74, 6) is 3.53. The first-order valence-corrected chi connectivity index (χ1v) is 12.6. The summed E-state index contributed by atoms with van der Waals surface area (Å²) >= 11 is 7.89. The van der Waals surface area contributed by atoms with Crippen LogP contribution in [-0.4, -0.2) is 58.4 Å². The molecule has 7 heteroatoms. The van der Waals surface area contributed by atoms with Gasteiger partial charge in [-0.2, -0.15) is 0 Å². The Morgan fingerprint density at radius 1 is 1.10 bits per heavy atom. The molecule has 4 rings (SSSR count). The van der Waals surface area contributed by atoms with Crippen LogP contribution >= 0.6 is 23.5 Å². The molecule has 0 aromatic carbocycles. The zero-order valence-corrected chi connectivity index (χ0v) is 19.4. The number of hydrogen-bond donors (Lipinski definition) is 0. The molecular formula is C22H35ClN4OS. The van der Waals surface area contributed by atoms with Gasteiger partial charge in [-0.3, -0.25) is 4.31 Å². The molecule has 2 unspecified atom stereocenters. The molecular weight excluding hydrogens is 404 g/mol. The summed E-state index contributed by atoms with van der Waals surface area (Å²) in [5, 5.41) is 1.29. The minimum Gasteiger partial charge on any atom is -0.378 e. The van der Waals surface area contributed by atoms with Crippen molar-refractivity contribution >= 4 is 29.5 Å². The highest BCUT2D eigenvalue weighted by molar-refractivity contribution is 7.97. The number of piperidine rings is 2. The predicted molar refractivity (Wildman–Crippen MR) is 121 cm³/mol. The van der Waals surface area contributed by atoms with E-state index in [0.29, 0.717) is 16.4 Å². The van der Waals surface area contributed by atoms with E-state index in [1.807, 2.05) is 11.9 Å². The normalized spacial score (nSPS) is 27.0. The van der Waals surface area contributed by atoms with Crippen molar-refractivity contribution in [3.8, 4) is 0 Å². The van der Waals surface area contributed by atoms with E-state index >= 15 is 0 Å². The third kappa shape index (κ3) is 6.22. The molecule has 2 aliphatic heterocycles. The maximum Gasteiger partial charge on any atom is 0.225 e. The van der Waals surface area contributed by atoms with Crippen LogP contribution in [0.2, 0.25) is 5.02 Å². The van der Waals surface area contributed by atoms with Crippen LogP contribution in [0.1, 0.15) is 52.4 Å². The zero-order chi connectivity index (χ0) is 20.2. The second-order valence-electron chi connectivity index (χ2n) is 9.13. The summed E-state index contributed by atoms with van der Waals surface area (Å²) in [7, 11) is 0. The van der Waals surface area contributed by atoms with Crippen LogP contribution in [0.3, 0.4) is 0 Å². The van der Waals surface area contributed by atoms with Gasteiger partial charge in [0.1, 0.15) is 0 Å². The van der Waals surface area contributed by atoms with Crippen LogP contribution < -0.4 is 4.90 Å². The van der Waals surface area contributed by atoms with Crippen LogP contribution in [0, 0.1) is 17.8 Å². The Kier molecular flexibility index (Phi) is 7.59. The highest BCUT2D eigenvalue weighted by Crippen LogP contribution is 2.50. The average Bonchev–Trinajstić information content (AvgIpc) is 3.49. The molecule has 1 aromatic rings. The van der Waals surface area contributed by atoms with E-state index in [4.69, 9.17) is 16.3 Å². The van der Waals surface area contributed by atoms with Gasteiger partial charge in [-0.15, -0.1) is 0 Å². The zero-order valence-electron chi connectivity index (χ0n) is 17.8. The Hall–Kier alpha value is -0.560. The smallest absolute Gasteiger partial charge is 0.225 e. The van der Waals surface area contributed by atoms with E-state index in [-0.39, 0.29) is 0 Å². The maximum atomic E-state index is 6.24. The summed E-state index contributed by atoms with van der Waals surface area (Å²) in [6.07, 6.45) is 11.5. The number of nitrogens with zero attached hydrogens (tertiary/aromatic N) is 4. The highest BCUT2D eigenvalue weighted by Gasteiger charge is 2.43. The van der Waals surface area contributed by atoms with Gasteiger partial charge in [-0.05, 0) is 56.3 Å². The second-order valence-corrected chi connectivity index (χ2v) is 11.2. The fourth-order valence-electron chi connectivity index (χ4n) is 4.97. The molecule has 162 valence electrons. The third-order valence-electron chi connectivity index (χ3n) is 6.61. The van der Waals surface area contributed by atoms with Gasteiger partial charge in [0, 0.05) is 38.0 Å². The highest BCUT2D eigenvalue weighted by atomic mass is 35.5. The van der Waals surface area contributed by atoms with Gasteiger partial charge in [0.2, 0.25) is 5.95 Å². The topological polar surface area (TPSA) is 41.5 Å². The summed E-state index contributed by atoms with van der Waals surface area (Å²) in [6, 6.07) is 0. The quantitative estimate of drug-likeness (QED) is 0.537. The first-order valence-electron chi connectivity index (χ1n) is 11.3. The minimum atomic E-state index is 0.485. The lowest BCUT2D eigenvalue weighted by Gasteiger charge is -2.32. The van der Waals surface area contributed by atoms with Gasteiger partial charge in [-0.1, -0.05) is 37.4 Å². The van der Waals surface area contributed by atoms with Crippen molar-refractivity contribution in [3.63, 3.8) is 0 Å². The first kappa shape index (κ1) is 21.7. The Labute approximate surface area is 185 Å². The van der Waals surface area contributed by atoms with Gasteiger partial charge in [0.25, 0.3) is 0 Å². The lowest BCUT2D eigenvalue weighted by Crippen LogP contribution is -2.35. The lowest BCUT2D eigenvalue weighted by atomic mass is 9.90. The van der Waals surface area contributed by atoms with Crippen LogP contribution in [0.4, 0.5) is 5.95 Å². The monoisotopic (exact) mass is 438 g/mol. The van der Waals surface area contributed by atoms with Gasteiger partial charge in [-0.25, -0.2) is 9.97 Å². The van der Waals surface area contributed by atoms with Crippen LogP contribution in [0.5, 0.6) is 0 Å². The Morgan fingerprint density at radius 2 is 1.79 bits per heavy atom. The molecule has 29 heavy (non-hydrogen) atoms. The number of ether oxygens (including phenoxy) is 1. The summed E-state index contributed by atoms with van der Waals surface area (Å²) in [5.41, 5.74) is 0. The molecule has 3 heterocycles. The predicted octanol–water partition coefficient (Wildman–Crippen LogP) is 4.91. The molecule has 1 saturated carbocycles. The standard InChI is InChI=1S/C22H35ClN4OS/c1-16(2)29-27-10-5-20(6-11-27)28-12-7-18-13-21(18)17-3-8-26(9-4-17)22-24-14-19(23)15-25-22/h14-18,20-21H,3-13H2,1-2H3. The third-order valence-corrected chi connectivity index (χ3v) is 7.90. The second kappa shape index (κ2) is 10.2. The molecule has 2 atom stereocenters. The molecule has 5 nitrogen and oxygen atoms in total. The van der Waals surface area contributed by atoms with Crippen LogP contribution in [-0.2, 0) is 4.74 Å². The Balaban J connectivity index is 1.09. The first-order chi connectivity index (χ1) is 14.1. The van der Waals surface area contributed by atoms with Crippen molar-refractivity contribution < 1.29 is 4.74 Å². The van der Waals surface area contributed by atoms with Crippen LogP contribution in [0.15, 0.2) is 12.4 Å². The largest absolute Gasteiger partial charge is 0.378 e. The van der Waals surface area contributed by atoms with Gasteiger partial charge in [0.05, 0.1) is 23.5 Å². The Morgan fingerprint density at radius 3 is 2.45 bits per heavy atom. The van der Waals surface area contributed by atoms with E-state index in [1.54, 1.807) is 12.4 Å². The number of rotatable bonds is 8. The fraction of sp³-hybridized carbons (Fsp3) is 0.818. The molecule has 0 bridgehead atoms. The SMILES string of the molecule is CC(C)SN1CCC(OCCC2CC2C2CCN(c3ncc(Cl)cn3)CC2)CC1. The molecule has 3 aliphatic rings. The van der Waals surface area contributed by atoms with E-state index < -0.39 is 0 Å². The van der Waals surface area contributed by atoms with E-state index in [9.17, 15) is 0 Å². The molecule has 3 fully saturated rings. The summed E-state index contributed by atoms with van der Waals surface area (Å²) in [4.78, 5) is 11.0. The van der Waals surface area contributed by atoms with Crippen molar-refractivity contribution in [1.82, 2.24) is 14.3 Å². The van der Waals surface area contributed by atoms with Crippen molar-refractivity contribution in [2.75, 3.05) is 37.7 Å². The molecule has 2 saturated heterocycles. The molecule has 0 amide bonds. The molecule has 0 spiro atoms. The number of anilines is 1. The lowest BCUT2D eigenvalue weighted by molar-refractivity contribution is 0.0186. The number of hydrogen-bond acceptors (Lipinski definition) is 6. The molecule has 0 N–H and O–H groups in total. The van der Waals surface area contributed by atoms with Crippen molar-refractivity contribution in [2.24, 2.45) is 17.8 Å². The maximum absolute atomic E-state index is 6.24. The minimum absolute atomic E-state index is 0.485. The van der Waals surface area contributed by atoms with Crippen molar-refractivity contribution in [2.45, 2.75) is 63.7 Å². The van der Waals surface area contributed by atoms with Gasteiger partial charge >= 0.3 is 0 Å².